The molecule has 2 aromatic carbocycles. The van der Waals surface area contributed by atoms with Crippen molar-refractivity contribution in [1.82, 2.24) is 0 Å². The molecule has 30 heavy (non-hydrogen) atoms. The van der Waals surface area contributed by atoms with Crippen LogP contribution >= 0.6 is 69.6 Å². The molecule has 1 fully saturated rings. The summed E-state index contributed by atoms with van der Waals surface area (Å²) in [7, 11) is 0. The van der Waals surface area contributed by atoms with Crippen molar-refractivity contribution in [2.75, 3.05) is 0 Å². The summed E-state index contributed by atoms with van der Waals surface area (Å²) in [6.45, 7) is 0. The molecule has 0 amide bonds. The maximum absolute atomic E-state index is 13.0. The van der Waals surface area contributed by atoms with Crippen LogP contribution < -0.4 is 9.47 Å². The fourth-order valence-corrected chi connectivity index (χ4v) is 5.14. The third kappa shape index (κ3) is 5.48. The average molecular weight is 531 g/mol. The first kappa shape index (κ1) is 23.8. The molecule has 0 heterocycles. The maximum atomic E-state index is 13.0. The minimum absolute atomic E-state index is 0.0446. The van der Waals surface area contributed by atoms with E-state index in [-0.39, 0.29) is 47.6 Å². The molecule has 1 aliphatic carbocycles. The normalized spacial score (nSPS) is 14.2. The topological polar surface area (TPSA) is 52.6 Å². The Hall–Kier alpha value is -0.880. The van der Waals surface area contributed by atoms with Crippen molar-refractivity contribution in [3.8, 4) is 11.5 Å². The van der Waals surface area contributed by atoms with Crippen molar-refractivity contribution in [1.29, 1.82) is 0 Å². The Morgan fingerprint density at radius 1 is 0.700 bits per heavy atom. The van der Waals surface area contributed by atoms with E-state index in [0.29, 0.717) is 12.8 Å². The Morgan fingerprint density at radius 3 is 1.37 bits per heavy atom. The second kappa shape index (κ2) is 10.2. The van der Waals surface area contributed by atoms with Gasteiger partial charge in [-0.05, 0) is 43.0 Å². The third-order valence-electron chi connectivity index (χ3n) is 4.71. The maximum Gasteiger partial charge on any atom is 0.326 e. The van der Waals surface area contributed by atoms with Gasteiger partial charge in [-0.25, -0.2) is 0 Å². The molecule has 1 saturated carbocycles. The number of carbonyl (C=O) groups is 2. The highest BCUT2D eigenvalue weighted by Crippen LogP contribution is 2.40. The van der Waals surface area contributed by atoms with Gasteiger partial charge in [0.1, 0.15) is 0 Å². The van der Waals surface area contributed by atoms with Gasteiger partial charge in [0.15, 0.2) is 17.4 Å². The van der Waals surface area contributed by atoms with E-state index in [1.165, 1.54) is 24.3 Å². The molecule has 10 heteroatoms. The van der Waals surface area contributed by atoms with E-state index in [1.807, 2.05) is 0 Å². The van der Waals surface area contributed by atoms with Crippen molar-refractivity contribution >= 4 is 81.5 Å². The minimum Gasteiger partial charge on any atom is -0.423 e. The molecule has 2 aromatic rings. The van der Waals surface area contributed by atoms with Crippen LogP contribution in [0.15, 0.2) is 24.3 Å². The van der Waals surface area contributed by atoms with Crippen molar-refractivity contribution in [2.24, 2.45) is 11.8 Å². The van der Waals surface area contributed by atoms with Gasteiger partial charge in [0.2, 0.25) is 0 Å². The number of hydrogen-bond acceptors (Lipinski definition) is 4. The van der Waals surface area contributed by atoms with E-state index in [9.17, 15) is 9.59 Å². The van der Waals surface area contributed by atoms with Gasteiger partial charge in [-0.2, -0.15) is 0 Å². The second-order valence-corrected chi connectivity index (χ2v) is 9.26. The second-order valence-electron chi connectivity index (χ2n) is 6.76. The monoisotopic (exact) mass is 528 g/mol. The summed E-state index contributed by atoms with van der Waals surface area (Å²) in [4.78, 5) is 26.0. The molecule has 0 aromatic heterocycles. The Bertz CT molecular complexity index is 870. The van der Waals surface area contributed by atoms with Crippen LogP contribution in [0, 0.1) is 11.8 Å². The number of ether oxygens (including phenoxy) is 2. The fourth-order valence-electron chi connectivity index (χ4n) is 3.35. The van der Waals surface area contributed by atoms with E-state index in [2.05, 4.69) is 0 Å². The molecule has 0 bridgehead atoms. The first-order valence-corrected chi connectivity index (χ1v) is 11.2. The highest BCUT2D eigenvalue weighted by molar-refractivity contribution is 6.41. The number of benzene rings is 2. The van der Waals surface area contributed by atoms with Gasteiger partial charge in [0, 0.05) is 10.0 Å². The van der Waals surface area contributed by atoms with E-state index in [0.717, 1.165) is 12.8 Å². The van der Waals surface area contributed by atoms with Gasteiger partial charge >= 0.3 is 11.9 Å². The summed E-state index contributed by atoms with van der Waals surface area (Å²) in [6.07, 6.45) is 3.09. The van der Waals surface area contributed by atoms with E-state index in [4.69, 9.17) is 79.1 Å². The molecule has 3 rings (SSSR count). The molecule has 0 atom stereocenters. The summed E-state index contributed by atoms with van der Waals surface area (Å²) in [5.41, 5.74) is 0. The summed E-state index contributed by atoms with van der Waals surface area (Å²) >= 11 is 36.2. The Balaban J connectivity index is 1.88. The number of carbonyl (C=O) groups excluding carboxylic acids is 2. The first-order valence-electron chi connectivity index (χ1n) is 8.90. The summed E-state index contributed by atoms with van der Waals surface area (Å²) in [5.74, 6) is -3.30. The largest absolute Gasteiger partial charge is 0.423 e. The molecule has 0 unspecified atom stereocenters. The molecule has 0 saturated heterocycles. The number of rotatable bonds is 5. The summed E-state index contributed by atoms with van der Waals surface area (Å²) < 4.78 is 10.8. The van der Waals surface area contributed by atoms with Crippen LogP contribution in [0.4, 0.5) is 0 Å². The van der Waals surface area contributed by atoms with Crippen LogP contribution in [0.2, 0.25) is 30.1 Å². The lowest BCUT2D eigenvalue weighted by Crippen LogP contribution is -2.36. The molecular formula is C20H14Cl6O4. The average Bonchev–Trinajstić information content (AvgIpc) is 3.15. The standard InChI is InChI=1S/C20H14Cl6O4/c21-10-5-12(23)17(13(24)6-10)29-19(27)16(9-3-1-2-4-9)20(28)30-18-14(25)7-11(22)8-15(18)26/h5-9,16H,1-4H2. The zero-order valence-corrected chi connectivity index (χ0v) is 19.7. The van der Waals surface area contributed by atoms with Crippen molar-refractivity contribution in [2.45, 2.75) is 25.7 Å². The van der Waals surface area contributed by atoms with Gasteiger partial charge in [0.25, 0.3) is 0 Å². The highest BCUT2D eigenvalue weighted by Gasteiger charge is 2.40. The smallest absolute Gasteiger partial charge is 0.326 e. The zero-order valence-electron chi connectivity index (χ0n) is 15.2. The van der Waals surface area contributed by atoms with Gasteiger partial charge in [-0.3, -0.25) is 9.59 Å². The SMILES string of the molecule is O=C(Oc1c(Cl)cc(Cl)cc1Cl)C(C(=O)Oc1c(Cl)cc(Cl)cc1Cl)C1CCCC1. The first-order chi connectivity index (χ1) is 14.2. The predicted octanol–water partition coefficient (Wildman–Crippen LogP) is 7.92. The van der Waals surface area contributed by atoms with Crippen LogP contribution in [0.1, 0.15) is 25.7 Å². The molecule has 0 radical (unpaired) electrons. The van der Waals surface area contributed by atoms with Crippen molar-refractivity contribution in [3.05, 3.63) is 54.4 Å². The highest BCUT2D eigenvalue weighted by atomic mass is 35.5. The molecule has 1 aliphatic rings. The lowest BCUT2D eigenvalue weighted by Gasteiger charge is -2.21. The van der Waals surface area contributed by atoms with Crippen LogP contribution in [0.5, 0.6) is 11.5 Å². The van der Waals surface area contributed by atoms with Crippen LogP contribution in [-0.2, 0) is 9.59 Å². The molecule has 0 N–H and O–H groups in total. The van der Waals surface area contributed by atoms with Gasteiger partial charge in [-0.1, -0.05) is 82.4 Å². The Morgan fingerprint density at radius 2 is 1.03 bits per heavy atom. The molecule has 0 spiro atoms. The zero-order chi connectivity index (χ0) is 22.0. The predicted molar refractivity (Wildman–Crippen MR) is 120 cm³/mol. The minimum atomic E-state index is -1.21. The number of hydrogen-bond donors (Lipinski definition) is 0. The lowest BCUT2D eigenvalue weighted by atomic mass is 9.91. The molecule has 4 nitrogen and oxygen atoms in total. The lowest BCUT2D eigenvalue weighted by molar-refractivity contribution is -0.153. The van der Waals surface area contributed by atoms with Crippen molar-refractivity contribution < 1.29 is 19.1 Å². The van der Waals surface area contributed by atoms with Crippen LogP contribution in [0.25, 0.3) is 0 Å². The van der Waals surface area contributed by atoms with Crippen molar-refractivity contribution in [3.63, 3.8) is 0 Å². The van der Waals surface area contributed by atoms with Gasteiger partial charge in [-0.15, -0.1) is 0 Å². The van der Waals surface area contributed by atoms with E-state index in [1.54, 1.807) is 0 Å². The summed E-state index contributed by atoms with van der Waals surface area (Å²) in [5, 5.41) is 0.741. The molecule has 0 aliphatic heterocycles. The molecule has 160 valence electrons. The number of esters is 2. The fraction of sp³-hybridized carbons (Fsp3) is 0.300. The van der Waals surface area contributed by atoms with E-state index < -0.39 is 17.9 Å². The number of halogens is 6. The van der Waals surface area contributed by atoms with Gasteiger partial charge < -0.3 is 9.47 Å². The van der Waals surface area contributed by atoms with Crippen LogP contribution in [0.3, 0.4) is 0 Å². The Kier molecular flexibility index (Phi) is 8.05. The quantitative estimate of drug-likeness (QED) is 0.224. The third-order valence-corrected chi connectivity index (χ3v) is 6.27. The van der Waals surface area contributed by atoms with Crippen LogP contribution in [-0.4, -0.2) is 11.9 Å². The Labute approximate surface area is 203 Å². The van der Waals surface area contributed by atoms with E-state index >= 15 is 0 Å². The van der Waals surface area contributed by atoms with Gasteiger partial charge in [0.05, 0.1) is 20.1 Å². The summed E-state index contributed by atoms with van der Waals surface area (Å²) in [6, 6.07) is 5.53. The molecular weight excluding hydrogens is 517 g/mol.